The summed E-state index contributed by atoms with van der Waals surface area (Å²) in [6.07, 6.45) is 2.43. The zero-order valence-corrected chi connectivity index (χ0v) is 6.46. The molecule has 1 heterocycles. The van der Waals surface area contributed by atoms with Gasteiger partial charge in [-0.2, -0.15) is 0 Å². The SMILES string of the molecule is [CH]1CC[C@@H](c2ccccc2)N1. The Balaban J connectivity index is 2.16. The van der Waals surface area contributed by atoms with Gasteiger partial charge < -0.3 is 5.32 Å². The largest absolute Gasteiger partial charge is 0.306 e. The molecule has 1 radical (unpaired) electrons. The van der Waals surface area contributed by atoms with E-state index in [9.17, 15) is 0 Å². The Bertz CT molecular complexity index is 212. The van der Waals surface area contributed by atoms with Gasteiger partial charge in [0.15, 0.2) is 0 Å². The Morgan fingerprint density at radius 3 is 2.64 bits per heavy atom. The lowest BCUT2D eigenvalue weighted by Crippen LogP contribution is -2.09. The summed E-state index contributed by atoms with van der Waals surface area (Å²) in [6.45, 7) is 2.15. The standard InChI is InChI=1S/C10H12N/c1-2-5-9(6-3-1)10-7-4-8-11-10/h1-3,5-6,8,10-11H,4,7H2/t10-/m0/s1. The minimum absolute atomic E-state index is 0.566. The van der Waals surface area contributed by atoms with E-state index in [1.54, 1.807) is 0 Å². The smallest absolute Gasteiger partial charge is 0.0323 e. The van der Waals surface area contributed by atoms with Crippen LogP contribution in [0.1, 0.15) is 24.4 Å². The Labute approximate surface area is 67.4 Å². The van der Waals surface area contributed by atoms with Crippen LogP contribution >= 0.6 is 0 Å². The van der Waals surface area contributed by atoms with E-state index in [0.29, 0.717) is 6.04 Å². The third-order valence-corrected chi connectivity index (χ3v) is 2.12. The molecular formula is C10H12N. The summed E-state index contributed by atoms with van der Waals surface area (Å²) in [7, 11) is 0. The first-order valence-corrected chi connectivity index (χ1v) is 4.09. The van der Waals surface area contributed by atoms with Crippen molar-refractivity contribution in [2.75, 3.05) is 0 Å². The zero-order valence-electron chi connectivity index (χ0n) is 6.46. The first kappa shape index (κ1) is 6.86. The molecule has 0 unspecified atom stereocenters. The molecular weight excluding hydrogens is 134 g/mol. The molecule has 1 aliphatic heterocycles. The van der Waals surface area contributed by atoms with Gasteiger partial charge in [-0.05, 0) is 18.4 Å². The minimum atomic E-state index is 0.566. The molecule has 0 aromatic heterocycles. The lowest BCUT2D eigenvalue weighted by Gasteiger charge is -2.08. The predicted molar refractivity (Wildman–Crippen MR) is 45.9 cm³/mol. The van der Waals surface area contributed by atoms with Gasteiger partial charge in [-0.1, -0.05) is 30.3 Å². The Hall–Kier alpha value is -0.820. The van der Waals surface area contributed by atoms with Gasteiger partial charge in [-0.25, -0.2) is 0 Å². The number of nitrogens with one attached hydrogen (secondary N) is 1. The second kappa shape index (κ2) is 3.05. The van der Waals surface area contributed by atoms with E-state index in [0.717, 1.165) is 0 Å². The van der Waals surface area contributed by atoms with Gasteiger partial charge in [-0.3, -0.25) is 0 Å². The molecule has 0 saturated carbocycles. The van der Waals surface area contributed by atoms with E-state index in [-0.39, 0.29) is 0 Å². The highest BCUT2D eigenvalue weighted by atomic mass is 14.9. The van der Waals surface area contributed by atoms with E-state index in [1.165, 1.54) is 18.4 Å². The summed E-state index contributed by atoms with van der Waals surface area (Å²) in [5.41, 5.74) is 1.40. The molecule has 57 valence electrons. The highest BCUT2D eigenvalue weighted by Gasteiger charge is 2.14. The van der Waals surface area contributed by atoms with Crippen molar-refractivity contribution in [3.05, 3.63) is 42.4 Å². The van der Waals surface area contributed by atoms with Gasteiger partial charge >= 0.3 is 0 Å². The maximum Gasteiger partial charge on any atom is 0.0323 e. The number of benzene rings is 1. The molecule has 1 atom stereocenters. The van der Waals surface area contributed by atoms with Gasteiger partial charge in [0, 0.05) is 12.6 Å². The van der Waals surface area contributed by atoms with Crippen molar-refractivity contribution in [3.8, 4) is 0 Å². The third-order valence-electron chi connectivity index (χ3n) is 2.12. The molecule has 1 N–H and O–H groups in total. The maximum absolute atomic E-state index is 3.35. The fraction of sp³-hybridized carbons (Fsp3) is 0.300. The zero-order chi connectivity index (χ0) is 7.52. The summed E-state index contributed by atoms with van der Waals surface area (Å²) in [5.74, 6) is 0. The Morgan fingerprint density at radius 2 is 2.00 bits per heavy atom. The molecule has 1 saturated heterocycles. The van der Waals surface area contributed by atoms with E-state index < -0.39 is 0 Å². The second-order valence-corrected chi connectivity index (χ2v) is 2.91. The summed E-state index contributed by atoms with van der Waals surface area (Å²) < 4.78 is 0. The molecule has 1 nitrogen and oxygen atoms in total. The third kappa shape index (κ3) is 1.43. The van der Waals surface area contributed by atoms with Crippen LogP contribution in [0.3, 0.4) is 0 Å². The van der Waals surface area contributed by atoms with Crippen molar-refractivity contribution >= 4 is 0 Å². The quantitative estimate of drug-likeness (QED) is 0.641. The van der Waals surface area contributed by atoms with Gasteiger partial charge in [0.05, 0.1) is 0 Å². The van der Waals surface area contributed by atoms with Crippen LogP contribution in [-0.4, -0.2) is 0 Å². The number of hydrogen-bond acceptors (Lipinski definition) is 1. The average molecular weight is 146 g/mol. The maximum atomic E-state index is 3.35. The monoisotopic (exact) mass is 146 g/mol. The normalized spacial score (nSPS) is 23.8. The Morgan fingerprint density at radius 1 is 1.18 bits per heavy atom. The summed E-state index contributed by atoms with van der Waals surface area (Å²) in [5, 5.41) is 3.35. The molecule has 2 rings (SSSR count). The molecule has 0 spiro atoms. The van der Waals surface area contributed by atoms with Gasteiger partial charge in [0.2, 0.25) is 0 Å². The van der Waals surface area contributed by atoms with Crippen molar-refractivity contribution in [1.82, 2.24) is 5.32 Å². The lowest BCUT2D eigenvalue weighted by atomic mass is 10.1. The summed E-state index contributed by atoms with van der Waals surface area (Å²) >= 11 is 0. The van der Waals surface area contributed by atoms with Crippen molar-refractivity contribution in [3.63, 3.8) is 0 Å². The van der Waals surface area contributed by atoms with Crippen LogP contribution in [0, 0.1) is 6.54 Å². The number of hydrogen-bond donors (Lipinski definition) is 1. The average Bonchev–Trinajstić information content (AvgIpc) is 2.58. The lowest BCUT2D eigenvalue weighted by molar-refractivity contribution is 0.663. The van der Waals surface area contributed by atoms with Crippen molar-refractivity contribution in [2.45, 2.75) is 18.9 Å². The van der Waals surface area contributed by atoms with Gasteiger partial charge in [0.1, 0.15) is 0 Å². The summed E-state index contributed by atoms with van der Waals surface area (Å²) in [6, 6.07) is 11.2. The molecule has 1 aliphatic rings. The van der Waals surface area contributed by atoms with Crippen LogP contribution in [-0.2, 0) is 0 Å². The van der Waals surface area contributed by atoms with Crippen molar-refractivity contribution in [1.29, 1.82) is 0 Å². The molecule has 1 heteroatoms. The topological polar surface area (TPSA) is 12.0 Å². The van der Waals surface area contributed by atoms with Crippen LogP contribution in [0.5, 0.6) is 0 Å². The molecule has 1 aromatic carbocycles. The van der Waals surface area contributed by atoms with Crippen LogP contribution < -0.4 is 5.32 Å². The molecule has 0 bridgehead atoms. The van der Waals surface area contributed by atoms with Crippen molar-refractivity contribution < 1.29 is 0 Å². The molecule has 0 aliphatic carbocycles. The van der Waals surface area contributed by atoms with Crippen LogP contribution in [0.4, 0.5) is 0 Å². The van der Waals surface area contributed by atoms with E-state index in [4.69, 9.17) is 0 Å². The van der Waals surface area contributed by atoms with E-state index in [2.05, 4.69) is 42.2 Å². The summed E-state index contributed by atoms with van der Waals surface area (Å²) in [4.78, 5) is 0. The first-order valence-electron chi connectivity index (χ1n) is 4.09. The van der Waals surface area contributed by atoms with Crippen molar-refractivity contribution in [2.24, 2.45) is 0 Å². The van der Waals surface area contributed by atoms with Crippen LogP contribution in [0.15, 0.2) is 30.3 Å². The molecule has 1 aromatic rings. The van der Waals surface area contributed by atoms with Gasteiger partial charge in [-0.15, -0.1) is 0 Å². The highest BCUT2D eigenvalue weighted by molar-refractivity contribution is 5.20. The first-order chi connectivity index (χ1) is 5.47. The highest BCUT2D eigenvalue weighted by Crippen LogP contribution is 2.23. The number of rotatable bonds is 1. The van der Waals surface area contributed by atoms with E-state index in [1.807, 2.05) is 0 Å². The predicted octanol–water partition coefficient (Wildman–Crippen LogP) is 2.27. The minimum Gasteiger partial charge on any atom is -0.306 e. The Kier molecular flexibility index (Phi) is 1.91. The van der Waals surface area contributed by atoms with Crippen LogP contribution in [0.25, 0.3) is 0 Å². The van der Waals surface area contributed by atoms with Gasteiger partial charge in [0.25, 0.3) is 0 Å². The fourth-order valence-corrected chi connectivity index (χ4v) is 1.51. The fourth-order valence-electron chi connectivity index (χ4n) is 1.51. The molecule has 0 amide bonds. The second-order valence-electron chi connectivity index (χ2n) is 2.91. The molecule has 1 fully saturated rings. The van der Waals surface area contributed by atoms with E-state index >= 15 is 0 Å². The van der Waals surface area contributed by atoms with Crippen LogP contribution in [0.2, 0.25) is 0 Å². The molecule has 11 heavy (non-hydrogen) atoms.